The third kappa shape index (κ3) is 3.04. The molecule has 0 aliphatic heterocycles. The highest BCUT2D eigenvalue weighted by atomic mass is 16.5. The van der Waals surface area contributed by atoms with E-state index in [1.807, 2.05) is 31.2 Å². The third-order valence-corrected chi connectivity index (χ3v) is 3.43. The molecule has 2 aromatic rings. The molecule has 21 heavy (non-hydrogen) atoms. The number of nitrogens with zero attached hydrogens (tertiary/aromatic N) is 2. The molecule has 0 aliphatic carbocycles. The fraction of sp³-hybridized carbons (Fsp3) is 0.471. The predicted octanol–water partition coefficient (Wildman–Crippen LogP) is 4.24. The Kier molecular flexibility index (Phi) is 4.56. The average Bonchev–Trinajstić information content (AvgIpc) is 2.77. The van der Waals surface area contributed by atoms with Gasteiger partial charge in [0.05, 0.1) is 6.61 Å². The quantitative estimate of drug-likeness (QED) is 0.895. The number of imidazole rings is 1. The molecule has 0 spiro atoms. The minimum Gasteiger partial charge on any atom is -0.494 e. The summed E-state index contributed by atoms with van der Waals surface area (Å²) in [5, 5.41) is 0. The van der Waals surface area contributed by atoms with Crippen molar-refractivity contribution in [2.45, 2.75) is 46.6 Å². The molecule has 2 rings (SSSR count). The molecule has 0 saturated carbocycles. The van der Waals surface area contributed by atoms with Crippen LogP contribution in [0, 0.1) is 0 Å². The molecule has 0 bridgehead atoms. The molecule has 0 saturated heterocycles. The lowest BCUT2D eigenvalue weighted by Crippen LogP contribution is -2.10. The van der Waals surface area contributed by atoms with Gasteiger partial charge in [-0.1, -0.05) is 26.0 Å². The SMILES string of the molecule is CCOc1cccc(-c2nc(C(C)C)n(C(C)C)c2N)c1. The van der Waals surface area contributed by atoms with Crippen LogP contribution in [0.15, 0.2) is 24.3 Å². The minimum absolute atomic E-state index is 0.290. The molecule has 0 aliphatic rings. The molecule has 0 amide bonds. The summed E-state index contributed by atoms with van der Waals surface area (Å²) in [5.41, 5.74) is 8.20. The zero-order valence-corrected chi connectivity index (χ0v) is 13.6. The second-order valence-corrected chi connectivity index (χ2v) is 5.78. The molecule has 1 aromatic heterocycles. The van der Waals surface area contributed by atoms with Crippen molar-refractivity contribution in [1.29, 1.82) is 0 Å². The molecular formula is C17H25N3O. The van der Waals surface area contributed by atoms with E-state index in [1.54, 1.807) is 0 Å². The average molecular weight is 287 g/mol. The largest absolute Gasteiger partial charge is 0.494 e. The van der Waals surface area contributed by atoms with Gasteiger partial charge in [-0.25, -0.2) is 4.98 Å². The Morgan fingerprint density at radius 2 is 1.95 bits per heavy atom. The number of rotatable bonds is 5. The Balaban J connectivity index is 2.54. The van der Waals surface area contributed by atoms with Gasteiger partial charge in [0.15, 0.2) is 0 Å². The van der Waals surface area contributed by atoms with E-state index in [-0.39, 0.29) is 0 Å². The first-order valence-corrected chi connectivity index (χ1v) is 7.56. The van der Waals surface area contributed by atoms with Gasteiger partial charge in [-0.15, -0.1) is 0 Å². The third-order valence-electron chi connectivity index (χ3n) is 3.43. The van der Waals surface area contributed by atoms with Crippen molar-refractivity contribution < 1.29 is 4.74 Å². The Bertz CT molecular complexity index is 614. The van der Waals surface area contributed by atoms with E-state index < -0.39 is 0 Å². The van der Waals surface area contributed by atoms with Gasteiger partial charge in [-0.2, -0.15) is 0 Å². The number of hydrogen-bond donors (Lipinski definition) is 1. The van der Waals surface area contributed by atoms with Gasteiger partial charge in [0.2, 0.25) is 0 Å². The molecular weight excluding hydrogens is 262 g/mol. The van der Waals surface area contributed by atoms with Crippen molar-refractivity contribution in [2.75, 3.05) is 12.3 Å². The van der Waals surface area contributed by atoms with Crippen LogP contribution in [-0.4, -0.2) is 16.2 Å². The zero-order valence-electron chi connectivity index (χ0n) is 13.6. The molecule has 4 heteroatoms. The summed E-state index contributed by atoms with van der Waals surface area (Å²) >= 11 is 0. The van der Waals surface area contributed by atoms with Crippen LogP contribution in [0.1, 0.15) is 52.4 Å². The van der Waals surface area contributed by atoms with Gasteiger partial charge < -0.3 is 15.0 Å². The van der Waals surface area contributed by atoms with Crippen LogP contribution in [-0.2, 0) is 0 Å². The molecule has 114 valence electrons. The molecule has 0 atom stereocenters. The Hall–Kier alpha value is -1.97. The van der Waals surface area contributed by atoms with Crippen LogP contribution in [0.2, 0.25) is 0 Å². The van der Waals surface area contributed by atoms with Crippen molar-refractivity contribution in [2.24, 2.45) is 0 Å². The molecule has 0 unspecified atom stereocenters. The summed E-state index contributed by atoms with van der Waals surface area (Å²) in [7, 11) is 0. The number of hydrogen-bond acceptors (Lipinski definition) is 3. The summed E-state index contributed by atoms with van der Waals surface area (Å²) in [5.74, 6) is 2.93. The highest BCUT2D eigenvalue weighted by molar-refractivity contribution is 5.72. The first-order valence-electron chi connectivity index (χ1n) is 7.56. The van der Waals surface area contributed by atoms with Crippen molar-refractivity contribution in [3.63, 3.8) is 0 Å². The van der Waals surface area contributed by atoms with Gasteiger partial charge in [0.1, 0.15) is 23.1 Å². The van der Waals surface area contributed by atoms with Crippen molar-refractivity contribution in [3.8, 4) is 17.0 Å². The second kappa shape index (κ2) is 6.20. The fourth-order valence-corrected chi connectivity index (χ4v) is 2.53. The first kappa shape index (κ1) is 15.4. The van der Waals surface area contributed by atoms with E-state index in [9.17, 15) is 0 Å². The number of anilines is 1. The highest BCUT2D eigenvalue weighted by Crippen LogP contribution is 2.33. The molecule has 4 nitrogen and oxygen atoms in total. The summed E-state index contributed by atoms with van der Waals surface area (Å²) in [6.45, 7) is 11.2. The number of nitrogen functional groups attached to an aromatic ring is 1. The normalized spacial score (nSPS) is 11.4. The van der Waals surface area contributed by atoms with Gasteiger partial charge >= 0.3 is 0 Å². The van der Waals surface area contributed by atoms with Gasteiger partial charge in [0.25, 0.3) is 0 Å². The molecule has 2 N–H and O–H groups in total. The minimum atomic E-state index is 0.290. The summed E-state index contributed by atoms with van der Waals surface area (Å²) in [6, 6.07) is 8.24. The maximum absolute atomic E-state index is 6.36. The Labute approximate surface area is 127 Å². The standard InChI is InChI=1S/C17H25N3O/c1-6-21-14-9-7-8-13(10-14)15-16(18)20(12(4)5)17(19-15)11(2)3/h7-12H,6,18H2,1-5H3. The molecule has 0 fully saturated rings. The highest BCUT2D eigenvalue weighted by Gasteiger charge is 2.20. The van der Waals surface area contributed by atoms with E-state index in [4.69, 9.17) is 15.5 Å². The van der Waals surface area contributed by atoms with E-state index in [0.29, 0.717) is 18.6 Å². The predicted molar refractivity (Wildman–Crippen MR) is 87.7 cm³/mol. The fourth-order valence-electron chi connectivity index (χ4n) is 2.53. The Morgan fingerprint density at radius 3 is 2.48 bits per heavy atom. The van der Waals surface area contributed by atoms with Crippen LogP contribution in [0.25, 0.3) is 11.3 Å². The van der Waals surface area contributed by atoms with Crippen LogP contribution < -0.4 is 10.5 Å². The topological polar surface area (TPSA) is 53.1 Å². The lowest BCUT2D eigenvalue weighted by Gasteiger charge is -2.15. The van der Waals surface area contributed by atoms with Crippen molar-refractivity contribution >= 4 is 5.82 Å². The van der Waals surface area contributed by atoms with E-state index in [0.717, 1.165) is 28.6 Å². The maximum Gasteiger partial charge on any atom is 0.131 e. The van der Waals surface area contributed by atoms with Gasteiger partial charge in [0, 0.05) is 17.5 Å². The smallest absolute Gasteiger partial charge is 0.131 e. The lowest BCUT2D eigenvalue weighted by atomic mass is 10.1. The Morgan fingerprint density at radius 1 is 1.24 bits per heavy atom. The van der Waals surface area contributed by atoms with Crippen LogP contribution in [0.5, 0.6) is 5.75 Å². The van der Waals surface area contributed by atoms with E-state index in [2.05, 4.69) is 32.3 Å². The second-order valence-electron chi connectivity index (χ2n) is 5.78. The van der Waals surface area contributed by atoms with E-state index in [1.165, 1.54) is 0 Å². The summed E-state index contributed by atoms with van der Waals surface area (Å²) in [6.07, 6.45) is 0. The molecule has 0 radical (unpaired) electrons. The van der Waals surface area contributed by atoms with E-state index >= 15 is 0 Å². The zero-order chi connectivity index (χ0) is 15.6. The molecule has 1 heterocycles. The van der Waals surface area contributed by atoms with Gasteiger partial charge in [-0.3, -0.25) is 0 Å². The van der Waals surface area contributed by atoms with Crippen molar-refractivity contribution in [3.05, 3.63) is 30.1 Å². The van der Waals surface area contributed by atoms with Crippen LogP contribution in [0.3, 0.4) is 0 Å². The van der Waals surface area contributed by atoms with Gasteiger partial charge in [-0.05, 0) is 32.9 Å². The van der Waals surface area contributed by atoms with Crippen LogP contribution >= 0.6 is 0 Å². The number of ether oxygens (including phenoxy) is 1. The monoisotopic (exact) mass is 287 g/mol. The molecule has 1 aromatic carbocycles. The summed E-state index contributed by atoms with van der Waals surface area (Å²) in [4.78, 5) is 4.78. The van der Waals surface area contributed by atoms with Crippen molar-refractivity contribution in [1.82, 2.24) is 9.55 Å². The number of aromatic nitrogens is 2. The number of nitrogens with two attached hydrogens (primary N) is 1. The number of benzene rings is 1. The first-order chi connectivity index (χ1) is 9.95. The maximum atomic E-state index is 6.36. The summed E-state index contributed by atoms with van der Waals surface area (Å²) < 4.78 is 7.68. The van der Waals surface area contributed by atoms with Crippen LogP contribution in [0.4, 0.5) is 5.82 Å². The lowest BCUT2D eigenvalue weighted by molar-refractivity contribution is 0.340.